The van der Waals surface area contributed by atoms with Crippen LogP contribution in [0, 0.1) is 11.8 Å². The van der Waals surface area contributed by atoms with Gasteiger partial charge in [0, 0.05) is 7.11 Å². The SMILES string of the molecule is COC1C(OCc2ccccc2)C2(C)OC1(C)C(C)C2C. The van der Waals surface area contributed by atoms with E-state index in [4.69, 9.17) is 14.2 Å². The Morgan fingerprint density at radius 2 is 1.57 bits per heavy atom. The molecule has 3 rings (SSSR count). The summed E-state index contributed by atoms with van der Waals surface area (Å²) in [5, 5.41) is 0. The molecular formula is C18H26O3. The molecule has 2 bridgehead atoms. The van der Waals surface area contributed by atoms with Gasteiger partial charge in [-0.25, -0.2) is 0 Å². The van der Waals surface area contributed by atoms with Crippen molar-refractivity contribution < 1.29 is 14.2 Å². The van der Waals surface area contributed by atoms with Crippen LogP contribution in [0.4, 0.5) is 0 Å². The van der Waals surface area contributed by atoms with Crippen molar-refractivity contribution in [2.75, 3.05) is 7.11 Å². The molecule has 1 aromatic rings. The molecule has 0 N–H and O–H groups in total. The number of ether oxygens (including phenoxy) is 3. The lowest BCUT2D eigenvalue weighted by Gasteiger charge is -2.42. The summed E-state index contributed by atoms with van der Waals surface area (Å²) in [7, 11) is 1.76. The average molecular weight is 290 g/mol. The molecule has 2 fully saturated rings. The second kappa shape index (κ2) is 5.08. The van der Waals surface area contributed by atoms with Gasteiger partial charge in [0.1, 0.15) is 12.2 Å². The molecular weight excluding hydrogens is 264 g/mol. The van der Waals surface area contributed by atoms with E-state index in [1.165, 1.54) is 5.56 Å². The highest BCUT2D eigenvalue weighted by Gasteiger charge is 2.70. The quantitative estimate of drug-likeness (QED) is 0.850. The lowest BCUT2D eigenvalue weighted by atomic mass is 9.66. The molecule has 21 heavy (non-hydrogen) atoms. The lowest BCUT2D eigenvalue weighted by molar-refractivity contribution is -0.121. The molecule has 0 spiro atoms. The van der Waals surface area contributed by atoms with Crippen molar-refractivity contribution in [3.63, 3.8) is 0 Å². The van der Waals surface area contributed by atoms with Crippen LogP contribution in [0.5, 0.6) is 0 Å². The summed E-state index contributed by atoms with van der Waals surface area (Å²) in [6.45, 7) is 9.46. The van der Waals surface area contributed by atoms with E-state index >= 15 is 0 Å². The molecule has 2 saturated heterocycles. The second-order valence-electron chi connectivity index (χ2n) is 6.92. The zero-order chi connectivity index (χ0) is 15.3. The Balaban J connectivity index is 1.81. The summed E-state index contributed by atoms with van der Waals surface area (Å²) in [6, 6.07) is 10.3. The molecule has 0 radical (unpaired) electrons. The Hall–Kier alpha value is -0.900. The van der Waals surface area contributed by atoms with Crippen LogP contribution in [0.2, 0.25) is 0 Å². The maximum atomic E-state index is 6.43. The normalized spacial score (nSPS) is 45.2. The molecule has 3 nitrogen and oxygen atoms in total. The highest BCUT2D eigenvalue weighted by Crippen LogP contribution is 2.58. The highest BCUT2D eigenvalue weighted by molar-refractivity contribution is 5.20. The van der Waals surface area contributed by atoms with Gasteiger partial charge in [0.05, 0.1) is 17.8 Å². The van der Waals surface area contributed by atoms with Gasteiger partial charge in [-0.2, -0.15) is 0 Å². The standard InChI is InChI=1S/C18H26O3/c1-12-13(2)18(4)16(15(19-5)17(12,3)21-18)20-11-14-9-7-6-8-10-14/h6-10,12-13,15-16H,11H2,1-5H3. The van der Waals surface area contributed by atoms with E-state index in [2.05, 4.69) is 39.8 Å². The molecule has 0 aromatic heterocycles. The van der Waals surface area contributed by atoms with Crippen molar-refractivity contribution in [1.29, 1.82) is 0 Å². The summed E-state index contributed by atoms with van der Waals surface area (Å²) in [4.78, 5) is 0. The Kier molecular flexibility index (Phi) is 3.63. The highest BCUT2D eigenvalue weighted by atomic mass is 16.6. The van der Waals surface area contributed by atoms with Gasteiger partial charge in [0.25, 0.3) is 0 Å². The lowest BCUT2D eigenvalue weighted by Crippen LogP contribution is -2.56. The minimum Gasteiger partial charge on any atom is -0.376 e. The van der Waals surface area contributed by atoms with Gasteiger partial charge in [-0.05, 0) is 31.2 Å². The van der Waals surface area contributed by atoms with Crippen molar-refractivity contribution in [2.45, 2.75) is 57.7 Å². The molecule has 2 heterocycles. The maximum absolute atomic E-state index is 6.43. The Labute approximate surface area is 127 Å². The first kappa shape index (κ1) is 15.0. The minimum absolute atomic E-state index is 0.0163. The van der Waals surface area contributed by atoms with Gasteiger partial charge >= 0.3 is 0 Å². The van der Waals surface area contributed by atoms with E-state index in [-0.39, 0.29) is 23.4 Å². The van der Waals surface area contributed by atoms with Crippen molar-refractivity contribution in [1.82, 2.24) is 0 Å². The fraction of sp³-hybridized carbons (Fsp3) is 0.667. The van der Waals surface area contributed by atoms with Crippen LogP contribution in [0.1, 0.15) is 33.3 Å². The Morgan fingerprint density at radius 3 is 2.14 bits per heavy atom. The molecule has 2 aliphatic heterocycles. The predicted molar refractivity (Wildman–Crippen MR) is 82.0 cm³/mol. The van der Waals surface area contributed by atoms with Crippen LogP contribution in [0.3, 0.4) is 0 Å². The molecule has 0 amide bonds. The van der Waals surface area contributed by atoms with Crippen LogP contribution in [0.15, 0.2) is 30.3 Å². The fourth-order valence-electron chi connectivity index (χ4n) is 4.26. The van der Waals surface area contributed by atoms with Gasteiger partial charge in [-0.3, -0.25) is 0 Å². The van der Waals surface area contributed by atoms with Crippen LogP contribution in [-0.4, -0.2) is 30.5 Å². The van der Waals surface area contributed by atoms with Crippen molar-refractivity contribution in [3.05, 3.63) is 35.9 Å². The number of fused-ring (bicyclic) bond motifs is 2. The van der Waals surface area contributed by atoms with Gasteiger partial charge in [-0.1, -0.05) is 44.2 Å². The molecule has 3 heteroatoms. The number of rotatable bonds is 4. The topological polar surface area (TPSA) is 27.7 Å². The first-order valence-corrected chi connectivity index (χ1v) is 7.82. The van der Waals surface area contributed by atoms with Gasteiger partial charge in [-0.15, -0.1) is 0 Å². The van der Waals surface area contributed by atoms with E-state index in [0.29, 0.717) is 18.4 Å². The smallest absolute Gasteiger partial charge is 0.116 e. The van der Waals surface area contributed by atoms with Gasteiger partial charge in [0.15, 0.2) is 0 Å². The van der Waals surface area contributed by atoms with E-state index in [9.17, 15) is 0 Å². The second-order valence-corrected chi connectivity index (χ2v) is 6.92. The summed E-state index contributed by atoms with van der Waals surface area (Å²) in [5.41, 5.74) is 0.651. The summed E-state index contributed by atoms with van der Waals surface area (Å²) < 4.78 is 18.5. The van der Waals surface area contributed by atoms with E-state index in [1.807, 2.05) is 18.2 Å². The third-order valence-electron chi connectivity index (χ3n) is 5.93. The maximum Gasteiger partial charge on any atom is 0.116 e. The van der Waals surface area contributed by atoms with Crippen molar-refractivity contribution in [2.24, 2.45) is 11.8 Å². The molecule has 0 aliphatic carbocycles. The van der Waals surface area contributed by atoms with Crippen LogP contribution in [-0.2, 0) is 20.8 Å². The molecule has 6 unspecified atom stereocenters. The molecule has 1 aromatic carbocycles. The van der Waals surface area contributed by atoms with E-state index < -0.39 is 0 Å². The molecule has 6 atom stereocenters. The third-order valence-corrected chi connectivity index (χ3v) is 5.93. The zero-order valence-electron chi connectivity index (χ0n) is 13.6. The van der Waals surface area contributed by atoms with E-state index in [0.717, 1.165) is 0 Å². The summed E-state index contributed by atoms with van der Waals surface area (Å²) >= 11 is 0. The van der Waals surface area contributed by atoms with E-state index in [1.54, 1.807) is 7.11 Å². The van der Waals surface area contributed by atoms with Crippen LogP contribution < -0.4 is 0 Å². The minimum atomic E-state index is -0.274. The average Bonchev–Trinajstić information content (AvgIpc) is 2.82. The Bertz CT molecular complexity index is 502. The zero-order valence-corrected chi connectivity index (χ0v) is 13.6. The monoisotopic (exact) mass is 290 g/mol. The van der Waals surface area contributed by atoms with Gasteiger partial charge in [0.2, 0.25) is 0 Å². The number of benzene rings is 1. The molecule has 0 saturated carbocycles. The van der Waals surface area contributed by atoms with Crippen LogP contribution >= 0.6 is 0 Å². The molecule has 116 valence electrons. The van der Waals surface area contributed by atoms with Crippen molar-refractivity contribution in [3.8, 4) is 0 Å². The Morgan fingerprint density at radius 1 is 1.00 bits per heavy atom. The first-order valence-electron chi connectivity index (χ1n) is 7.82. The molecule has 2 aliphatic rings. The number of hydrogen-bond acceptors (Lipinski definition) is 3. The van der Waals surface area contributed by atoms with Crippen molar-refractivity contribution >= 4 is 0 Å². The summed E-state index contributed by atoms with van der Waals surface area (Å²) in [5.74, 6) is 0.915. The number of hydrogen-bond donors (Lipinski definition) is 0. The first-order chi connectivity index (χ1) is 9.93. The van der Waals surface area contributed by atoms with Crippen LogP contribution in [0.25, 0.3) is 0 Å². The number of methoxy groups -OCH3 is 1. The van der Waals surface area contributed by atoms with Gasteiger partial charge < -0.3 is 14.2 Å². The third kappa shape index (κ3) is 2.06. The summed E-state index contributed by atoms with van der Waals surface area (Å²) in [6.07, 6.45) is -0.0451. The fourth-order valence-corrected chi connectivity index (χ4v) is 4.26. The predicted octanol–water partition coefficient (Wildman–Crippen LogP) is 3.42. The largest absolute Gasteiger partial charge is 0.376 e.